The molecule has 0 aromatic heterocycles. The van der Waals surface area contributed by atoms with Crippen molar-refractivity contribution in [2.75, 3.05) is 13.1 Å². The van der Waals surface area contributed by atoms with E-state index >= 15 is 0 Å². The lowest BCUT2D eigenvalue weighted by Crippen LogP contribution is -2.42. The van der Waals surface area contributed by atoms with Crippen LogP contribution in [0.4, 0.5) is 0 Å². The van der Waals surface area contributed by atoms with E-state index in [-0.39, 0.29) is 17.9 Å². The van der Waals surface area contributed by atoms with Crippen LogP contribution in [0, 0.1) is 11.3 Å². The minimum absolute atomic E-state index is 0.104. The maximum atomic E-state index is 11.8. The summed E-state index contributed by atoms with van der Waals surface area (Å²) >= 11 is 0. The van der Waals surface area contributed by atoms with Crippen molar-refractivity contribution in [1.29, 1.82) is 0 Å². The molecule has 0 saturated carbocycles. The van der Waals surface area contributed by atoms with Gasteiger partial charge in [0.2, 0.25) is 10.0 Å². The van der Waals surface area contributed by atoms with Gasteiger partial charge in [0.25, 0.3) is 0 Å². The molecule has 0 amide bonds. The van der Waals surface area contributed by atoms with Gasteiger partial charge in [-0.15, -0.1) is 0 Å². The van der Waals surface area contributed by atoms with Gasteiger partial charge in [-0.25, -0.2) is 13.1 Å². The molecule has 2 unspecified atom stereocenters. The molecule has 0 aliphatic heterocycles. The molecule has 0 aromatic rings. The van der Waals surface area contributed by atoms with Crippen molar-refractivity contribution in [2.24, 2.45) is 17.1 Å². The molecule has 3 N–H and O–H groups in total. The van der Waals surface area contributed by atoms with Gasteiger partial charge in [-0.1, -0.05) is 34.6 Å². The summed E-state index contributed by atoms with van der Waals surface area (Å²) in [5, 5.41) is -0.473. The molecular formula is C11H26N2O2S. The maximum absolute atomic E-state index is 11.8. The van der Waals surface area contributed by atoms with E-state index in [4.69, 9.17) is 5.73 Å². The first-order valence-electron chi connectivity index (χ1n) is 5.83. The van der Waals surface area contributed by atoms with E-state index in [0.717, 1.165) is 0 Å². The summed E-state index contributed by atoms with van der Waals surface area (Å²) in [6.45, 7) is 10.8. The third kappa shape index (κ3) is 4.80. The largest absolute Gasteiger partial charge is 0.329 e. The number of nitrogens with two attached hydrogens (primary N) is 1. The lowest BCUT2D eigenvalue weighted by molar-refractivity contribution is 0.262. The lowest BCUT2D eigenvalue weighted by Gasteiger charge is -2.28. The fraction of sp³-hybridized carbons (Fsp3) is 1.00. The first kappa shape index (κ1) is 15.9. The van der Waals surface area contributed by atoms with Crippen LogP contribution in [0.2, 0.25) is 0 Å². The lowest BCUT2D eigenvalue weighted by atomic mass is 9.82. The summed E-state index contributed by atoms with van der Waals surface area (Å²) < 4.78 is 26.3. The van der Waals surface area contributed by atoms with E-state index in [9.17, 15) is 8.42 Å². The van der Waals surface area contributed by atoms with Gasteiger partial charge in [0, 0.05) is 13.1 Å². The summed E-state index contributed by atoms with van der Waals surface area (Å²) in [5.41, 5.74) is 5.55. The summed E-state index contributed by atoms with van der Waals surface area (Å²) in [6.07, 6.45) is 0.551. The molecule has 0 aromatic carbocycles. The van der Waals surface area contributed by atoms with Crippen LogP contribution in [0.3, 0.4) is 0 Å². The van der Waals surface area contributed by atoms with Crippen molar-refractivity contribution in [1.82, 2.24) is 4.72 Å². The molecule has 0 radical (unpaired) electrons. The van der Waals surface area contributed by atoms with Crippen LogP contribution in [0.15, 0.2) is 0 Å². The molecule has 0 heterocycles. The fourth-order valence-electron chi connectivity index (χ4n) is 1.18. The van der Waals surface area contributed by atoms with Gasteiger partial charge in [-0.05, 0) is 17.8 Å². The number of sulfonamides is 1. The minimum atomic E-state index is -3.25. The molecule has 5 heteroatoms. The zero-order valence-electron chi connectivity index (χ0n) is 11.1. The molecule has 4 nitrogen and oxygen atoms in total. The Morgan fingerprint density at radius 3 is 2.12 bits per heavy atom. The summed E-state index contributed by atoms with van der Waals surface area (Å²) in [4.78, 5) is 0. The Labute approximate surface area is 100 Å². The molecule has 0 fully saturated rings. The zero-order valence-corrected chi connectivity index (χ0v) is 11.9. The van der Waals surface area contributed by atoms with Gasteiger partial charge in [0.05, 0.1) is 5.25 Å². The Morgan fingerprint density at radius 1 is 1.31 bits per heavy atom. The highest BCUT2D eigenvalue weighted by Gasteiger charge is 2.25. The molecule has 0 bridgehead atoms. The second-order valence-electron chi connectivity index (χ2n) is 5.43. The maximum Gasteiger partial charge on any atom is 0.215 e. The van der Waals surface area contributed by atoms with Crippen LogP contribution in [-0.2, 0) is 10.0 Å². The first-order chi connectivity index (χ1) is 7.15. The summed E-state index contributed by atoms with van der Waals surface area (Å²) in [6, 6.07) is 0. The predicted octanol–water partition coefficient (Wildman–Crippen LogP) is 1.33. The minimum Gasteiger partial charge on any atom is -0.329 e. The zero-order chi connectivity index (χ0) is 13.0. The van der Waals surface area contributed by atoms with E-state index in [0.29, 0.717) is 13.0 Å². The SMILES string of the molecule is CCC(CN)S(=O)(=O)NCC(C)C(C)(C)C. The Morgan fingerprint density at radius 2 is 1.81 bits per heavy atom. The third-order valence-electron chi connectivity index (χ3n) is 3.23. The first-order valence-corrected chi connectivity index (χ1v) is 7.38. The summed E-state index contributed by atoms with van der Waals surface area (Å²) in [7, 11) is -3.25. The molecule has 0 aliphatic rings. The van der Waals surface area contributed by atoms with E-state index in [2.05, 4.69) is 25.5 Å². The smallest absolute Gasteiger partial charge is 0.215 e. The van der Waals surface area contributed by atoms with Gasteiger partial charge < -0.3 is 5.73 Å². The molecule has 0 rings (SSSR count). The molecule has 98 valence electrons. The van der Waals surface area contributed by atoms with Crippen molar-refractivity contribution in [3.8, 4) is 0 Å². The Balaban J connectivity index is 4.41. The van der Waals surface area contributed by atoms with E-state index in [1.165, 1.54) is 0 Å². The van der Waals surface area contributed by atoms with Gasteiger partial charge in [0.1, 0.15) is 0 Å². The van der Waals surface area contributed by atoms with Crippen molar-refractivity contribution in [3.05, 3.63) is 0 Å². The van der Waals surface area contributed by atoms with Gasteiger partial charge in [0.15, 0.2) is 0 Å². The highest BCUT2D eigenvalue weighted by molar-refractivity contribution is 7.90. The van der Waals surface area contributed by atoms with Crippen molar-refractivity contribution >= 4 is 10.0 Å². The molecule has 0 aliphatic carbocycles. The quantitative estimate of drug-likeness (QED) is 0.747. The van der Waals surface area contributed by atoms with E-state index in [1.54, 1.807) is 0 Å². The molecule has 0 spiro atoms. The third-order valence-corrected chi connectivity index (χ3v) is 5.20. The van der Waals surface area contributed by atoms with Crippen molar-refractivity contribution in [2.45, 2.75) is 46.3 Å². The Hall–Kier alpha value is -0.130. The average Bonchev–Trinajstić information content (AvgIpc) is 2.14. The predicted molar refractivity (Wildman–Crippen MR) is 68.7 cm³/mol. The van der Waals surface area contributed by atoms with Gasteiger partial charge in [-0.3, -0.25) is 0 Å². The second kappa shape index (κ2) is 5.98. The van der Waals surface area contributed by atoms with Gasteiger partial charge >= 0.3 is 0 Å². The second-order valence-corrected chi connectivity index (χ2v) is 7.47. The van der Waals surface area contributed by atoms with Crippen LogP contribution in [0.1, 0.15) is 41.0 Å². The van der Waals surface area contributed by atoms with Crippen LogP contribution in [-0.4, -0.2) is 26.8 Å². The topological polar surface area (TPSA) is 72.2 Å². The van der Waals surface area contributed by atoms with E-state index < -0.39 is 15.3 Å². The molecule has 16 heavy (non-hydrogen) atoms. The highest BCUT2D eigenvalue weighted by atomic mass is 32.2. The van der Waals surface area contributed by atoms with Gasteiger partial charge in [-0.2, -0.15) is 0 Å². The molecular weight excluding hydrogens is 224 g/mol. The standard InChI is InChI=1S/C11H26N2O2S/c1-6-10(7-12)16(14,15)13-8-9(2)11(3,4)5/h9-10,13H,6-8,12H2,1-5H3. The van der Waals surface area contributed by atoms with Crippen LogP contribution >= 0.6 is 0 Å². The van der Waals surface area contributed by atoms with Crippen LogP contribution in [0.5, 0.6) is 0 Å². The normalized spacial score (nSPS) is 17.1. The summed E-state index contributed by atoms with van der Waals surface area (Å²) in [5.74, 6) is 0.289. The number of hydrogen-bond acceptors (Lipinski definition) is 3. The Kier molecular flexibility index (Phi) is 5.93. The Bertz CT molecular complexity index is 290. The average molecular weight is 250 g/mol. The number of nitrogens with one attached hydrogen (secondary N) is 1. The van der Waals surface area contributed by atoms with Crippen LogP contribution < -0.4 is 10.5 Å². The van der Waals surface area contributed by atoms with Crippen molar-refractivity contribution in [3.63, 3.8) is 0 Å². The van der Waals surface area contributed by atoms with Crippen LogP contribution in [0.25, 0.3) is 0 Å². The highest BCUT2D eigenvalue weighted by Crippen LogP contribution is 2.24. The van der Waals surface area contributed by atoms with Crippen molar-refractivity contribution < 1.29 is 8.42 Å². The monoisotopic (exact) mass is 250 g/mol. The number of hydrogen-bond donors (Lipinski definition) is 2. The number of rotatable bonds is 6. The van der Waals surface area contributed by atoms with E-state index in [1.807, 2.05) is 13.8 Å². The molecule has 2 atom stereocenters. The molecule has 0 saturated heterocycles. The fourth-order valence-corrected chi connectivity index (χ4v) is 2.59.